The number of nitrogens with one attached hydrogen (secondary N) is 2. The molecule has 1 unspecified atom stereocenters. The number of allylic oxidation sites excluding steroid dienone is 1. The number of hydrogen-bond acceptors (Lipinski definition) is 6. The quantitative estimate of drug-likeness (QED) is 0.152. The zero-order valence-corrected chi connectivity index (χ0v) is 27.4. The minimum absolute atomic E-state index is 0.233. The molecule has 0 aliphatic carbocycles. The number of halogens is 3. The van der Waals surface area contributed by atoms with E-state index in [9.17, 15) is 4.79 Å². The third-order valence-corrected chi connectivity index (χ3v) is 9.23. The van der Waals surface area contributed by atoms with Crippen molar-refractivity contribution in [2.45, 2.75) is 37.4 Å². The van der Waals surface area contributed by atoms with E-state index < -0.39 is 6.04 Å². The van der Waals surface area contributed by atoms with Gasteiger partial charge in [0.15, 0.2) is 0 Å². The fourth-order valence-corrected chi connectivity index (χ4v) is 6.58. The van der Waals surface area contributed by atoms with Crippen LogP contribution in [0.2, 0.25) is 15.1 Å². The maximum atomic E-state index is 13.9. The summed E-state index contributed by atoms with van der Waals surface area (Å²) in [6.45, 7) is 4.12. The maximum Gasteiger partial charge on any atom is 0.255 e. The average molecular weight is 677 g/mol. The lowest BCUT2D eigenvalue weighted by Gasteiger charge is -2.29. The molecule has 4 aromatic carbocycles. The first kappa shape index (κ1) is 31.0. The van der Waals surface area contributed by atoms with Crippen molar-refractivity contribution in [3.63, 3.8) is 0 Å². The van der Waals surface area contributed by atoms with Crippen LogP contribution in [0.1, 0.15) is 35.2 Å². The van der Waals surface area contributed by atoms with E-state index in [0.29, 0.717) is 48.9 Å². The number of benzene rings is 4. The summed E-state index contributed by atoms with van der Waals surface area (Å²) in [6, 6.07) is 27.8. The van der Waals surface area contributed by atoms with Crippen LogP contribution in [0.25, 0.3) is 0 Å². The van der Waals surface area contributed by atoms with Crippen molar-refractivity contribution < 1.29 is 9.53 Å². The lowest BCUT2D eigenvalue weighted by atomic mass is 9.95. The number of anilines is 2. The number of hydrogen-bond donors (Lipinski definition) is 2. The molecule has 0 saturated carbocycles. The van der Waals surface area contributed by atoms with Crippen molar-refractivity contribution in [1.82, 2.24) is 14.8 Å². The zero-order valence-electron chi connectivity index (χ0n) is 24.4. The van der Waals surface area contributed by atoms with Crippen LogP contribution < -0.4 is 15.4 Å². The fourth-order valence-electron chi connectivity index (χ4n) is 5.00. The first-order chi connectivity index (χ1) is 21.8. The number of rotatable bonds is 9. The van der Waals surface area contributed by atoms with Gasteiger partial charge in [-0.3, -0.25) is 4.79 Å². The molecule has 5 aromatic rings. The number of aromatic nitrogens is 3. The van der Waals surface area contributed by atoms with Crippen LogP contribution in [0.5, 0.6) is 5.75 Å². The first-order valence-corrected chi connectivity index (χ1v) is 16.2. The van der Waals surface area contributed by atoms with Crippen molar-refractivity contribution in [2.24, 2.45) is 0 Å². The fraction of sp³-hybridized carbons (Fsp3) is 0.147. The standard InChI is InChI=1S/C34H28Cl3N5O2S/c1-20-7-3-6-10-29(20)39-32(43)30-21(2)38-33-40-34(45-19-24-8-4-5-9-27(24)36)41-42(33)31(30)22-12-15-26(16-13-22)44-18-23-11-14-25(35)17-28(23)37/h3-17,31H,18-19H2,1-2H3,(H,39,43)(H,38,40,41). The van der Waals surface area contributed by atoms with Crippen molar-refractivity contribution in [3.05, 3.63) is 140 Å². The second-order valence-corrected chi connectivity index (χ2v) is 12.7. The third kappa shape index (κ3) is 6.99. The molecule has 0 fully saturated rings. The van der Waals surface area contributed by atoms with Gasteiger partial charge in [-0.15, -0.1) is 5.10 Å². The molecule has 2 heterocycles. The monoisotopic (exact) mass is 675 g/mol. The number of amides is 1. The molecule has 7 nitrogen and oxygen atoms in total. The number of para-hydroxylation sites is 1. The zero-order chi connectivity index (χ0) is 31.5. The summed E-state index contributed by atoms with van der Waals surface area (Å²) in [5.41, 5.74) is 5.58. The van der Waals surface area contributed by atoms with Crippen molar-refractivity contribution in [3.8, 4) is 5.75 Å². The Balaban J connectivity index is 1.30. The molecule has 0 radical (unpaired) electrons. The summed E-state index contributed by atoms with van der Waals surface area (Å²) in [5, 5.41) is 13.6. The van der Waals surface area contributed by atoms with Gasteiger partial charge in [-0.05, 0) is 66.9 Å². The van der Waals surface area contributed by atoms with Crippen molar-refractivity contribution in [1.29, 1.82) is 0 Å². The predicted octanol–water partition coefficient (Wildman–Crippen LogP) is 9.35. The molecule has 1 aliphatic heterocycles. The molecule has 45 heavy (non-hydrogen) atoms. The number of nitrogens with zero attached hydrogens (tertiary/aromatic N) is 3. The lowest BCUT2D eigenvalue weighted by Crippen LogP contribution is -2.31. The lowest BCUT2D eigenvalue weighted by molar-refractivity contribution is -0.113. The number of carbonyl (C=O) groups is 1. The Labute approximate surface area is 280 Å². The Kier molecular flexibility index (Phi) is 9.37. The second kappa shape index (κ2) is 13.6. The number of aryl methyl sites for hydroxylation is 1. The minimum atomic E-state index is -0.549. The van der Waals surface area contributed by atoms with E-state index in [-0.39, 0.29) is 12.5 Å². The van der Waals surface area contributed by atoms with Crippen LogP contribution in [-0.2, 0) is 17.2 Å². The molecule has 0 bridgehead atoms. The third-order valence-electron chi connectivity index (χ3n) is 7.39. The van der Waals surface area contributed by atoms with Crippen molar-refractivity contribution in [2.75, 3.05) is 10.6 Å². The first-order valence-electron chi connectivity index (χ1n) is 14.1. The van der Waals surface area contributed by atoms with Gasteiger partial charge in [0.2, 0.25) is 11.1 Å². The summed E-state index contributed by atoms with van der Waals surface area (Å²) in [4.78, 5) is 18.7. The summed E-state index contributed by atoms with van der Waals surface area (Å²) >= 11 is 20.2. The van der Waals surface area contributed by atoms with E-state index in [1.807, 2.05) is 92.7 Å². The van der Waals surface area contributed by atoms with E-state index in [4.69, 9.17) is 49.6 Å². The van der Waals surface area contributed by atoms with Crippen LogP contribution in [0.3, 0.4) is 0 Å². The normalized spacial score (nSPS) is 14.1. The molecule has 1 atom stereocenters. The molecular weight excluding hydrogens is 649 g/mol. The van der Waals surface area contributed by atoms with Gasteiger partial charge in [0, 0.05) is 37.8 Å². The van der Waals surface area contributed by atoms with Gasteiger partial charge in [0.05, 0.1) is 5.57 Å². The van der Waals surface area contributed by atoms with Crippen LogP contribution in [0, 0.1) is 6.92 Å². The average Bonchev–Trinajstić information content (AvgIpc) is 3.43. The van der Waals surface area contributed by atoms with E-state index >= 15 is 0 Å². The molecule has 1 aromatic heterocycles. The molecule has 2 N–H and O–H groups in total. The molecule has 228 valence electrons. The summed E-state index contributed by atoms with van der Waals surface area (Å²) in [7, 11) is 0. The largest absolute Gasteiger partial charge is 0.489 e. The molecule has 11 heteroatoms. The van der Waals surface area contributed by atoms with E-state index in [2.05, 4.69) is 10.6 Å². The van der Waals surface area contributed by atoms with Gasteiger partial charge in [-0.25, -0.2) is 4.68 Å². The Morgan fingerprint density at radius 3 is 2.44 bits per heavy atom. The van der Waals surface area contributed by atoms with Gasteiger partial charge >= 0.3 is 0 Å². The molecule has 1 aliphatic rings. The SMILES string of the molecule is CC1=C(C(=O)Nc2ccccc2C)C(c2ccc(OCc3ccc(Cl)cc3Cl)cc2)n2nc(SCc3ccccc3Cl)nc2N1. The van der Waals surface area contributed by atoms with Gasteiger partial charge in [0.25, 0.3) is 5.91 Å². The topological polar surface area (TPSA) is 81.1 Å². The number of thioether (sulfide) groups is 1. The van der Waals surface area contributed by atoms with Crippen LogP contribution in [-0.4, -0.2) is 20.7 Å². The maximum absolute atomic E-state index is 13.9. The highest BCUT2D eigenvalue weighted by Gasteiger charge is 2.34. The number of ether oxygens (including phenoxy) is 1. The Bertz CT molecular complexity index is 1910. The van der Waals surface area contributed by atoms with E-state index in [1.54, 1.807) is 16.8 Å². The molecule has 6 rings (SSSR count). The van der Waals surface area contributed by atoms with E-state index in [0.717, 1.165) is 27.9 Å². The number of fused-ring (bicyclic) bond motifs is 1. The molecule has 0 saturated heterocycles. The van der Waals surface area contributed by atoms with Gasteiger partial charge < -0.3 is 15.4 Å². The van der Waals surface area contributed by atoms with Crippen LogP contribution in [0.4, 0.5) is 11.6 Å². The van der Waals surface area contributed by atoms with Crippen molar-refractivity contribution >= 4 is 64.1 Å². The Hall–Kier alpha value is -3.95. The smallest absolute Gasteiger partial charge is 0.255 e. The summed E-state index contributed by atoms with van der Waals surface area (Å²) in [5.74, 6) is 1.57. The summed E-state index contributed by atoms with van der Waals surface area (Å²) in [6.07, 6.45) is 0. The van der Waals surface area contributed by atoms with Crippen LogP contribution in [0.15, 0.2) is 107 Å². The van der Waals surface area contributed by atoms with Gasteiger partial charge in [0.1, 0.15) is 18.4 Å². The molecule has 0 spiro atoms. The summed E-state index contributed by atoms with van der Waals surface area (Å²) < 4.78 is 7.78. The van der Waals surface area contributed by atoms with Gasteiger partial charge in [-0.2, -0.15) is 4.98 Å². The minimum Gasteiger partial charge on any atom is -0.489 e. The predicted molar refractivity (Wildman–Crippen MR) is 183 cm³/mol. The Morgan fingerprint density at radius 2 is 1.69 bits per heavy atom. The highest BCUT2D eigenvalue weighted by atomic mass is 35.5. The highest BCUT2D eigenvalue weighted by molar-refractivity contribution is 7.98. The van der Waals surface area contributed by atoms with Crippen LogP contribution >= 0.6 is 46.6 Å². The van der Waals surface area contributed by atoms with E-state index in [1.165, 1.54) is 11.8 Å². The highest BCUT2D eigenvalue weighted by Crippen LogP contribution is 2.38. The Morgan fingerprint density at radius 1 is 0.933 bits per heavy atom. The van der Waals surface area contributed by atoms with Gasteiger partial charge in [-0.1, -0.05) is 101 Å². The number of carbonyl (C=O) groups excluding carboxylic acids is 1. The molecule has 1 amide bonds. The second-order valence-electron chi connectivity index (χ2n) is 10.5. The molecular formula is C34H28Cl3N5O2S.